The van der Waals surface area contributed by atoms with Crippen LogP contribution in [0.1, 0.15) is 17.5 Å². The van der Waals surface area contributed by atoms with Crippen molar-refractivity contribution >= 4 is 5.91 Å². The van der Waals surface area contributed by atoms with Crippen molar-refractivity contribution in [3.05, 3.63) is 53.9 Å². The first kappa shape index (κ1) is 16.3. The highest BCUT2D eigenvalue weighted by Crippen LogP contribution is 2.30. The maximum atomic E-state index is 12.4. The molecule has 1 aromatic carbocycles. The molecule has 0 saturated heterocycles. The van der Waals surface area contributed by atoms with Gasteiger partial charge in [-0.25, -0.2) is 0 Å². The number of aromatic nitrogens is 1. The molecule has 126 valence electrons. The first-order valence-electron chi connectivity index (χ1n) is 8.24. The number of amides is 1. The number of rotatable bonds is 5. The number of nitrogens with zero attached hydrogens (tertiary/aromatic N) is 2. The number of pyridine rings is 1. The Morgan fingerprint density at radius 2 is 1.83 bits per heavy atom. The van der Waals surface area contributed by atoms with Crippen LogP contribution in [0.4, 0.5) is 0 Å². The average Bonchev–Trinajstić information content (AvgIpc) is 2.85. The van der Waals surface area contributed by atoms with E-state index in [0.29, 0.717) is 26.2 Å². The molecular weight excluding hydrogens is 304 g/mol. The third kappa shape index (κ3) is 4.25. The molecule has 1 amide bonds. The highest BCUT2D eigenvalue weighted by Gasteiger charge is 2.14. The van der Waals surface area contributed by atoms with Crippen molar-refractivity contribution < 1.29 is 14.3 Å². The molecule has 0 saturated carbocycles. The molecule has 1 aliphatic rings. The lowest BCUT2D eigenvalue weighted by Crippen LogP contribution is -2.30. The largest absolute Gasteiger partial charge is 0.490 e. The Balaban J connectivity index is 1.57. The van der Waals surface area contributed by atoms with E-state index in [2.05, 4.69) is 4.98 Å². The van der Waals surface area contributed by atoms with E-state index in [1.54, 1.807) is 17.3 Å². The van der Waals surface area contributed by atoms with Gasteiger partial charge < -0.3 is 14.4 Å². The number of fused-ring (bicyclic) bond motifs is 1. The Morgan fingerprint density at radius 3 is 2.62 bits per heavy atom. The van der Waals surface area contributed by atoms with Crippen LogP contribution in [0.25, 0.3) is 0 Å². The van der Waals surface area contributed by atoms with Crippen LogP contribution >= 0.6 is 0 Å². The topological polar surface area (TPSA) is 51.7 Å². The van der Waals surface area contributed by atoms with Gasteiger partial charge in [-0.05, 0) is 41.8 Å². The molecule has 0 spiro atoms. The highest BCUT2D eigenvalue weighted by atomic mass is 16.5. The smallest absolute Gasteiger partial charge is 0.226 e. The van der Waals surface area contributed by atoms with Gasteiger partial charge in [-0.1, -0.05) is 6.07 Å². The van der Waals surface area contributed by atoms with Gasteiger partial charge in [0.2, 0.25) is 5.91 Å². The monoisotopic (exact) mass is 326 g/mol. The molecular formula is C19H22N2O3. The van der Waals surface area contributed by atoms with Gasteiger partial charge in [0.05, 0.1) is 19.6 Å². The maximum absolute atomic E-state index is 12.4. The van der Waals surface area contributed by atoms with Crippen LogP contribution in [0.15, 0.2) is 42.7 Å². The SMILES string of the molecule is CN(CCc1ccncc1)C(=O)Cc1ccc2c(c1)OCCCO2. The van der Waals surface area contributed by atoms with Crippen LogP contribution in [0.3, 0.4) is 0 Å². The molecule has 0 aliphatic carbocycles. The summed E-state index contributed by atoms with van der Waals surface area (Å²) in [5, 5.41) is 0. The van der Waals surface area contributed by atoms with Crippen LogP contribution in [0.2, 0.25) is 0 Å². The molecule has 0 radical (unpaired) electrons. The quantitative estimate of drug-likeness (QED) is 0.847. The van der Waals surface area contributed by atoms with Crippen LogP contribution in [0, 0.1) is 0 Å². The third-order valence-corrected chi connectivity index (χ3v) is 4.08. The van der Waals surface area contributed by atoms with E-state index in [1.807, 2.05) is 37.4 Å². The second-order valence-corrected chi connectivity index (χ2v) is 5.93. The molecule has 5 nitrogen and oxygen atoms in total. The molecule has 5 heteroatoms. The third-order valence-electron chi connectivity index (χ3n) is 4.08. The standard InChI is InChI=1S/C19H22N2O3/c1-21(10-7-15-5-8-20-9-6-15)19(22)14-16-3-4-17-18(13-16)24-12-2-11-23-17/h3-6,8-9,13H,2,7,10-12,14H2,1H3. The van der Waals surface area contributed by atoms with E-state index < -0.39 is 0 Å². The minimum atomic E-state index is 0.0959. The summed E-state index contributed by atoms with van der Waals surface area (Å²) in [6.45, 7) is 2.01. The van der Waals surface area contributed by atoms with Crippen molar-refractivity contribution in [3.63, 3.8) is 0 Å². The highest BCUT2D eigenvalue weighted by molar-refractivity contribution is 5.78. The van der Waals surface area contributed by atoms with Crippen LogP contribution in [-0.4, -0.2) is 42.6 Å². The fourth-order valence-electron chi connectivity index (χ4n) is 2.60. The van der Waals surface area contributed by atoms with E-state index in [-0.39, 0.29) is 5.91 Å². The predicted octanol–water partition coefficient (Wildman–Crippen LogP) is 2.49. The fourth-order valence-corrected chi connectivity index (χ4v) is 2.60. The Morgan fingerprint density at radius 1 is 1.08 bits per heavy atom. The lowest BCUT2D eigenvalue weighted by molar-refractivity contribution is -0.129. The second-order valence-electron chi connectivity index (χ2n) is 5.93. The zero-order valence-corrected chi connectivity index (χ0v) is 13.9. The lowest BCUT2D eigenvalue weighted by Gasteiger charge is -2.17. The molecule has 0 fully saturated rings. The van der Waals surface area contributed by atoms with Crippen LogP contribution in [0.5, 0.6) is 11.5 Å². The normalized spacial score (nSPS) is 13.2. The van der Waals surface area contributed by atoms with Crippen LogP contribution < -0.4 is 9.47 Å². The number of hydrogen-bond acceptors (Lipinski definition) is 4. The first-order chi connectivity index (χ1) is 11.7. The van der Waals surface area contributed by atoms with E-state index in [4.69, 9.17) is 9.47 Å². The number of carbonyl (C=O) groups excluding carboxylic acids is 1. The van der Waals surface area contributed by atoms with Gasteiger partial charge >= 0.3 is 0 Å². The van der Waals surface area contributed by atoms with Crippen molar-refractivity contribution in [1.29, 1.82) is 0 Å². The molecule has 24 heavy (non-hydrogen) atoms. The summed E-state index contributed by atoms with van der Waals surface area (Å²) in [5.74, 6) is 1.59. The molecule has 1 aromatic heterocycles. The molecule has 3 rings (SSSR count). The number of hydrogen-bond donors (Lipinski definition) is 0. The maximum Gasteiger partial charge on any atom is 0.226 e. The summed E-state index contributed by atoms with van der Waals surface area (Å²) in [5.41, 5.74) is 2.13. The summed E-state index contributed by atoms with van der Waals surface area (Å²) in [4.78, 5) is 18.2. The number of carbonyl (C=O) groups is 1. The fraction of sp³-hybridized carbons (Fsp3) is 0.368. The Kier molecular flexibility index (Phi) is 5.31. The van der Waals surface area contributed by atoms with Gasteiger partial charge in [-0.2, -0.15) is 0 Å². The van der Waals surface area contributed by atoms with Gasteiger partial charge in [-0.15, -0.1) is 0 Å². The van der Waals surface area contributed by atoms with Crippen molar-refractivity contribution in [2.45, 2.75) is 19.3 Å². The van der Waals surface area contributed by atoms with Crippen molar-refractivity contribution in [2.24, 2.45) is 0 Å². The molecule has 0 atom stereocenters. The van der Waals surface area contributed by atoms with Gasteiger partial charge in [-0.3, -0.25) is 9.78 Å². The lowest BCUT2D eigenvalue weighted by atomic mass is 10.1. The van der Waals surface area contributed by atoms with Crippen molar-refractivity contribution in [2.75, 3.05) is 26.8 Å². The second kappa shape index (κ2) is 7.81. The molecule has 2 heterocycles. The Labute approximate surface area is 142 Å². The summed E-state index contributed by atoms with van der Waals surface area (Å²) >= 11 is 0. The minimum absolute atomic E-state index is 0.0959. The molecule has 0 unspecified atom stereocenters. The van der Waals surface area contributed by atoms with Crippen LogP contribution in [-0.2, 0) is 17.6 Å². The van der Waals surface area contributed by atoms with E-state index in [9.17, 15) is 4.79 Å². The zero-order valence-electron chi connectivity index (χ0n) is 13.9. The average molecular weight is 326 g/mol. The van der Waals surface area contributed by atoms with E-state index in [1.165, 1.54) is 5.56 Å². The molecule has 0 N–H and O–H groups in total. The van der Waals surface area contributed by atoms with E-state index >= 15 is 0 Å². The summed E-state index contributed by atoms with van der Waals surface area (Å²) < 4.78 is 11.3. The summed E-state index contributed by atoms with van der Waals surface area (Å²) in [7, 11) is 1.84. The van der Waals surface area contributed by atoms with Crippen molar-refractivity contribution in [3.8, 4) is 11.5 Å². The molecule has 1 aliphatic heterocycles. The summed E-state index contributed by atoms with van der Waals surface area (Å²) in [6.07, 6.45) is 5.61. The summed E-state index contributed by atoms with van der Waals surface area (Å²) in [6, 6.07) is 9.68. The number of ether oxygens (including phenoxy) is 2. The van der Waals surface area contributed by atoms with Crippen molar-refractivity contribution in [1.82, 2.24) is 9.88 Å². The zero-order chi connectivity index (χ0) is 16.8. The molecule has 0 bridgehead atoms. The van der Waals surface area contributed by atoms with Gasteiger partial charge in [0, 0.05) is 32.4 Å². The Hall–Kier alpha value is -2.56. The molecule has 2 aromatic rings. The van der Waals surface area contributed by atoms with Gasteiger partial charge in [0.15, 0.2) is 11.5 Å². The number of likely N-dealkylation sites (N-methyl/N-ethyl adjacent to an activating group) is 1. The Bertz CT molecular complexity index is 688. The van der Waals surface area contributed by atoms with Gasteiger partial charge in [0.1, 0.15) is 0 Å². The number of benzene rings is 1. The predicted molar refractivity (Wildman–Crippen MR) is 91.3 cm³/mol. The first-order valence-corrected chi connectivity index (χ1v) is 8.24. The van der Waals surface area contributed by atoms with Gasteiger partial charge in [0.25, 0.3) is 0 Å². The van der Waals surface area contributed by atoms with E-state index in [0.717, 1.165) is 29.9 Å². The minimum Gasteiger partial charge on any atom is -0.490 e.